The topological polar surface area (TPSA) is 116 Å². The number of β-lactam (4-membered cyclic amide) rings is 1. The Labute approximate surface area is 192 Å². The summed E-state index contributed by atoms with van der Waals surface area (Å²) in [4.78, 5) is 27.2. The summed E-state index contributed by atoms with van der Waals surface area (Å²) in [6, 6.07) is 19.4. The Morgan fingerprint density at radius 2 is 1.67 bits per heavy atom. The SMILES string of the molecule is C[C@]1(C=CC=CC#N)[C@@](C(=O)O)(C(c2ccccc2)c2ccccc2)N2C(=O)C[C@H]2S1(=O)=O. The van der Waals surface area contributed by atoms with Gasteiger partial charge in [0.05, 0.1) is 12.5 Å². The summed E-state index contributed by atoms with van der Waals surface area (Å²) in [6.07, 6.45) is 4.92. The summed E-state index contributed by atoms with van der Waals surface area (Å²) in [7, 11) is -4.14. The van der Waals surface area contributed by atoms with Gasteiger partial charge in [0.15, 0.2) is 15.4 Å². The van der Waals surface area contributed by atoms with Crippen LogP contribution < -0.4 is 0 Å². The van der Waals surface area contributed by atoms with Crippen molar-refractivity contribution < 1.29 is 23.1 Å². The first-order chi connectivity index (χ1) is 15.7. The molecule has 0 aromatic heterocycles. The number of carbonyl (C=O) groups is 2. The number of allylic oxidation sites excluding steroid dienone is 3. The molecule has 2 heterocycles. The van der Waals surface area contributed by atoms with E-state index in [1.54, 1.807) is 60.7 Å². The van der Waals surface area contributed by atoms with E-state index in [9.17, 15) is 23.1 Å². The van der Waals surface area contributed by atoms with Crippen molar-refractivity contribution in [2.75, 3.05) is 0 Å². The van der Waals surface area contributed by atoms with Gasteiger partial charge in [0.25, 0.3) is 0 Å². The van der Waals surface area contributed by atoms with Gasteiger partial charge in [0, 0.05) is 12.0 Å². The standard InChI is InChI=1S/C25H22N2O5S/c1-24(15-9-4-10-16-26)25(23(29)30,27-20(28)17-21(27)33(24,31)32)22(18-11-5-2-6-12-18)19-13-7-3-8-14-19/h2-15,21-22H,17H2,1H3,(H,29,30)/t21-,24+,25+/m1/s1. The van der Waals surface area contributed by atoms with Crippen molar-refractivity contribution in [1.29, 1.82) is 5.26 Å². The smallest absolute Gasteiger partial charge is 0.332 e. The molecule has 2 aromatic rings. The second kappa shape index (κ2) is 8.01. The minimum absolute atomic E-state index is 0.259. The summed E-state index contributed by atoms with van der Waals surface area (Å²) in [6.45, 7) is 1.36. The molecule has 2 saturated heterocycles. The number of sulfone groups is 1. The van der Waals surface area contributed by atoms with Gasteiger partial charge in [-0.2, -0.15) is 5.26 Å². The van der Waals surface area contributed by atoms with Crippen molar-refractivity contribution in [3.05, 3.63) is 96.1 Å². The molecule has 2 aliphatic heterocycles. The van der Waals surface area contributed by atoms with Crippen LogP contribution in [0.1, 0.15) is 30.4 Å². The lowest BCUT2D eigenvalue weighted by molar-refractivity contribution is -0.169. The molecule has 3 atom stereocenters. The molecule has 1 amide bonds. The Bertz CT molecular complexity index is 1260. The van der Waals surface area contributed by atoms with Crippen LogP contribution in [0.25, 0.3) is 0 Å². The van der Waals surface area contributed by atoms with Crippen LogP contribution in [0.3, 0.4) is 0 Å². The molecule has 8 heteroatoms. The van der Waals surface area contributed by atoms with E-state index in [0.29, 0.717) is 11.1 Å². The van der Waals surface area contributed by atoms with E-state index in [-0.39, 0.29) is 6.42 Å². The van der Waals surface area contributed by atoms with E-state index < -0.39 is 43.3 Å². The van der Waals surface area contributed by atoms with Crippen molar-refractivity contribution in [1.82, 2.24) is 4.90 Å². The molecule has 7 nitrogen and oxygen atoms in total. The lowest BCUT2D eigenvalue weighted by atomic mass is 9.66. The Hall–Kier alpha value is -3.70. The number of carboxylic acids is 1. The third-order valence-electron chi connectivity index (χ3n) is 6.70. The quantitative estimate of drug-likeness (QED) is 0.401. The normalized spacial score (nSPS) is 28.1. The highest BCUT2D eigenvalue weighted by Gasteiger charge is 2.80. The van der Waals surface area contributed by atoms with Crippen LogP contribution in [-0.4, -0.2) is 46.0 Å². The highest BCUT2D eigenvalue weighted by Crippen LogP contribution is 2.60. The number of amides is 1. The number of carbonyl (C=O) groups excluding carboxylic acids is 1. The van der Waals surface area contributed by atoms with E-state index in [0.717, 1.165) is 11.0 Å². The first-order valence-electron chi connectivity index (χ1n) is 10.4. The van der Waals surface area contributed by atoms with Crippen LogP contribution in [0, 0.1) is 11.3 Å². The molecule has 1 N–H and O–H groups in total. The van der Waals surface area contributed by atoms with E-state index >= 15 is 0 Å². The third kappa shape index (κ3) is 2.96. The molecule has 2 aliphatic rings. The van der Waals surface area contributed by atoms with Crippen LogP contribution in [0.5, 0.6) is 0 Å². The van der Waals surface area contributed by atoms with Gasteiger partial charge < -0.3 is 10.0 Å². The number of rotatable bonds is 6. The predicted molar refractivity (Wildman–Crippen MR) is 122 cm³/mol. The molecule has 0 bridgehead atoms. The largest absolute Gasteiger partial charge is 0.479 e. The fraction of sp³-hybridized carbons (Fsp3) is 0.240. The van der Waals surface area contributed by atoms with Gasteiger partial charge in [-0.05, 0) is 18.1 Å². The summed E-state index contributed by atoms with van der Waals surface area (Å²) in [5, 5.41) is 18.4. The number of nitrogens with zero attached hydrogens (tertiary/aromatic N) is 2. The average molecular weight is 463 g/mol. The second-order valence-electron chi connectivity index (χ2n) is 8.25. The molecule has 33 heavy (non-hydrogen) atoms. The fourth-order valence-corrected chi connectivity index (χ4v) is 7.68. The predicted octanol–water partition coefficient (Wildman–Crippen LogP) is 3.02. The zero-order valence-electron chi connectivity index (χ0n) is 17.8. The molecule has 4 rings (SSSR count). The second-order valence-corrected chi connectivity index (χ2v) is 10.7. The van der Waals surface area contributed by atoms with Crippen LogP contribution in [0.15, 0.2) is 85.0 Å². The zero-order chi connectivity index (χ0) is 23.9. The van der Waals surface area contributed by atoms with Crippen LogP contribution in [0.2, 0.25) is 0 Å². The molecule has 0 saturated carbocycles. The van der Waals surface area contributed by atoms with Gasteiger partial charge >= 0.3 is 5.97 Å². The van der Waals surface area contributed by atoms with E-state index in [2.05, 4.69) is 0 Å². The van der Waals surface area contributed by atoms with Crippen LogP contribution in [0.4, 0.5) is 0 Å². The summed E-state index contributed by atoms with van der Waals surface area (Å²) >= 11 is 0. The Morgan fingerprint density at radius 1 is 1.12 bits per heavy atom. The maximum absolute atomic E-state index is 13.8. The number of fused-ring (bicyclic) bond motifs is 1. The molecule has 0 radical (unpaired) electrons. The van der Waals surface area contributed by atoms with Gasteiger partial charge in [-0.1, -0.05) is 78.9 Å². The summed E-state index contributed by atoms with van der Waals surface area (Å²) in [5.41, 5.74) is -0.992. The summed E-state index contributed by atoms with van der Waals surface area (Å²) < 4.78 is 25.6. The molecule has 0 unspecified atom stereocenters. The first kappa shape index (κ1) is 22.5. The highest BCUT2D eigenvalue weighted by molar-refractivity contribution is 7.94. The minimum atomic E-state index is -4.14. The van der Waals surface area contributed by atoms with Crippen LogP contribution >= 0.6 is 0 Å². The molecule has 2 fully saturated rings. The van der Waals surface area contributed by atoms with Gasteiger partial charge in [0.2, 0.25) is 5.91 Å². The molecular formula is C25H22N2O5S. The number of nitriles is 1. The number of benzene rings is 2. The van der Waals surface area contributed by atoms with E-state index in [1.165, 1.54) is 25.2 Å². The monoisotopic (exact) mass is 462 g/mol. The van der Waals surface area contributed by atoms with E-state index in [4.69, 9.17) is 5.26 Å². The van der Waals surface area contributed by atoms with Gasteiger partial charge in [-0.3, -0.25) is 4.79 Å². The van der Waals surface area contributed by atoms with Crippen molar-refractivity contribution in [3.8, 4) is 6.07 Å². The Kier molecular flexibility index (Phi) is 5.46. The zero-order valence-corrected chi connectivity index (χ0v) is 18.6. The van der Waals surface area contributed by atoms with Gasteiger partial charge in [0.1, 0.15) is 10.1 Å². The number of carboxylic acid groups (broad SMARTS) is 1. The maximum atomic E-state index is 13.8. The highest BCUT2D eigenvalue weighted by atomic mass is 32.2. The van der Waals surface area contributed by atoms with Crippen LogP contribution in [-0.2, 0) is 19.4 Å². The van der Waals surface area contributed by atoms with Gasteiger partial charge in [-0.15, -0.1) is 0 Å². The fourth-order valence-electron chi connectivity index (χ4n) is 5.19. The maximum Gasteiger partial charge on any atom is 0.332 e. The molecular weight excluding hydrogens is 440 g/mol. The molecule has 168 valence electrons. The summed E-state index contributed by atoms with van der Waals surface area (Å²) in [5.74, 6) is -2.90. The minimum Gasteiger partial charge on any atom is -0.479 e. The number of hydrogen-bond donors (Lipinski definition) is 1. The van der Waals surface area contributed by atoms with Crippen molar-refractivity contribution in [2.45, 2.75) is 34.9 Å². The number of hydrogen-bond acceptors (Lipinski definition) is 5. The van der Waals surface area contributed by atoms with Gasteiger partial charge in [-0.25, -0.2) is 13.2 Å². The molecule has 0 aliphatic carbocycles. The lowest BCUT2D eigenvalue weighted by Crippen LogP contribution is -2.70. The Balaban J connectivity index is 2.11. The van der Waals surface area contributed by atoms with Crippen molar-refractivity contribution in [2.24, 2.45) is 0 Å². The first-order valence-corrected chi connectivity index (χ1v) is 11.9. The molecule has 0 spiro atoms. The lowest BCUT2D eigenvalue weighted by Gasteiger charge is -2.50. The van der Waals surface area contributed by atoms with Crippen molar-refractivity contribution >= 4 is 21.7 Å². The third-order valence-corrected chi connectivity index (χ3v) is 9.42. The molecule has 2 aromatic carbocycles. The number of aliphatic carboxylic acids is 1. The van der Waals surface area contributed by atoms with E-state index in [1.807, 2.05) is 6.07 Å². The van der Waals surface area contributed by atoms with Crippen molar-refractivity contribution in [3.63, 3.8) is 0 Å². The Morgan fingerprint density at radius 3 is 2.12 bits per heavy atom. The average Bonchev–Trinajstić information content (AvgIpc) is 2.92.